The van der Waals surface area contributed by atoms with Crippen LogP contribution in [0.1, 0.15) is 26.3 Å². The second kappa shape index (κ2) is 9.72. The average Bonchev–Trinajstić information content (AvgIpc) is 2.59. The second-order valence-corrected chi connectivity index (χ2v) is 7.70. The molecule has 0 aromatic heterocycles. The molecule has 2 rings (SSSR count). The number of amides is 1. The van der Waals surface area contributed by atoms with Crippen molar-refractivity contribution in [3.05, 3.63) is 58.1 Å². The van der Waals surface area contributed by atoms with Gasteiger partial charge in [-0.1, -0.05) is 41.4 Å². The van der Waals surface area contributed by atoms with Gasteiger partial charge in [0.15, 0.2) is 0 Å². The number of alkyl carbamates (subject to hydrolysis) is 1. The molecule has 0 atom stereocenters. The third-order valence-electron chi connectivity index (χ3n) is 3.37. The molecule has 2 N–H and O–H groups in total. The Balaban J connectivity index is 1.84. The van der Waals surface area contributed by atoms with Crippen LogP contribution in [0.15, 0.2) is 42.5 Å². The highest BCUT2D eigenvalue weighted by atomic mass is 35.5. The Bertz CT molecular complexity index is 776. The van der Waals surface area contributed by atoms with E-state index in [0.29, 0.717) is 35.5 Å². The molecule has 7 heteroatoms. The normalized spacial score (nSPS) is 11.0. The molecule has 1 amide bonds. The van der Waals surface area contributed by atoms with Crippen LogP contribution in [0.2, 0.25) is 10.0 Å². The summed E-state index contributed by atoms with van der Waals surface area (Å²) in [6.45, 7) is 6.80. The van der Waals surface area contributed by atoms with Crippen molar-refractivity contribution < 1.29 is 14.3 Å². The molecule has 0 fully saturated rings. The predicted octanol–water partition coefficient (Wildman–Crippen LogP) is 5.51. The lowest BCUT2D eigenvalue weighted by molar-refractivity contribution is 0.0530. The zero-order chi connectivity index (χ0) is 19.9. The van der Waals surface area contributed by atoms with E-state index >= 15 is 0 Å². The van der Waals surface area contributed by atoms with Gasteiger partial charge in [-0.15, -0.1) is 0 Å². The predicted molar refractivity (Wildman–Crippen MR) is 110 cm³/mol. The number of ether oxygens (including phenoxy) is 2. The molecule has 0 saturated carbocycles. The van der Waals surface area contributed by atoms with Crippen molar-refractivity contribution in [1.29, 1.82) is 0 Å². The van der Waals surface area contributed by atoms with Crippen LogP contribution in [0.5, 0.6) is 5.75 Å². The van der Waals surface area contributed by atoms with Crippen LogP contribution in [0, 0.1) is 0 Å². The number of hydrogen-bond donors (Lipinski definition) is 2. The molecular weight excluding hydrogens is 387 g/mol. The fourth-order valence-electron chi connectivity index (χ4n) is 2.20. The molecule has 0 unspecified atom stereocenters. The topological polar surface area (TPSA) is 59.6 Å². The molecule has 2 aromatic carbocycles. The Kier molecular flexibility index (Phi) is 7.63. The zero-order valence-electron chi connectivity index (χ0n) is 15.6. The molecule has 0 radical (unpaired) electrons. The number of benzene rings is 2. The van der Waals surface area contributed by atoms with Gasteiger partial charge in [0.05, 0.1) is 15.7 Å². The van der Waals surface area contributed by atoms with Crippen molar-refractivity contribution in [3.63, 3.8) is 0 Å². The van der Waals surface area contributed by atoms with Gasteiger partial charge in [-0.25, -0.2) is 4.79 Å². The maximum Gasteiger partial charge on any atom is 0.407 e. The Morgan fingerprint density at radius 2 is 1.78 bits per heavy atom. The molecule has 0 saturated heterocycles. The van der Waals surface area contributed by atoms with Crippen molar-refractivity contribution in [2.45, 2.75) is 33.0 Å². The van der Waals surface area contributed by atoms with Gasteiger partial charge in [-0.2, -0.15) is 0 Å². The van der Waals surface area contributed by atoms with Crippen LogP contribution in [0.3, 0.4) is 0 Å². The van der Waals surface area contributed by atoms with E-state index < -0.39 is 11.7 Å². The van der Waals surface area contributed by atoms with E-state index in [-0.39, 0.29) is 0 Å². The maximum atomic E-state index is 11.6. The molecule has 0 bridgehead atoms. The first-order valence-corrected chi connectivity index (χ1v) is 9.37. The van der Waals surface area contributed by atoms with Crippen LogP contribution in [-0.4, -0.2) is 24.8 Å². The van der Waals surface area contributed by atoms with E-state index in [1.54, 1.807) is 12.1 Å². The molecule has 2 aromatic rings. The van der Waals surface area contributed by atoms with E-state index in [0.717, 1.165) is 11.3 Å². The van der Waals surface area contributed by atoms with Crippen LogP contribution < -0.4 is 15.4 Å². The summed E-state index contributed by atoms with van der Waals surface area (Å²) in [6.07, 6.45) is -0.437. The highest BCUT2D eigenvalue weighted by Gasteiger charge is 2.15. The fraction of sp³-hybridized carbons (Fsp3) is 0.350. The molecule has 146 valence electrons. The summed E-state index contributed by atoms with van der Waals surface area (Å²) in [5.74, 6) is 0.709. The first-order chi connectivity index (χ1) is 12.7. The highest BCUT2D eigenvalue weighted by Crippen LogP contribution is 2.26. The van der Waals surface area contributed by atoms with E-state index in [9.17, 15) is 4.79 Å². The quantitative estimate of drug-likeness (QED) is 0.590. The molecule has 0 heterocycles. The van der Waals surface area contributed by atoms with Gasteiger partial charge in [0.1, 0.15) is 18.0 Å². The zero-order valence-corrected chi connectivity index (χ0v) is 17.2. The summed E-state index contributed by atoms with van der Waals surface area (Å²) >= 11 is 12.0. The second-order valence-electron chi connectivity index (χ2n) is 6.89. The van der Waals surface area contributed by atoms with Gasteiger partial charge < -0.3 is 20.1 Å². The van der Waals surface area contributed by atoms with Crippen LogP contribution >= 0.6 is 23.2 Å². The lowest BCUT2D eigenvalue weighted by Gasteiger charge is -2.20. The van der Waals surface area contributed by atoms with Crippen molar-refractivity contribution in [1.82, 2.24) is 5.32 Å². The van der Waals surface area contributed by atoms with Crippen molar-refractivity contribution in [2.24, 2.45) is 0 Å². The first-order valence-electron chi connectivity index (χ1n) is 8.61. The smallest absolute Gasteiger partial charge is 0.407 e. The molecule has 0 aliphatic rings. The molecule has 0 aliphatic carbocycles. The number of nitrogens with one attached hydrogen (secondary N) is 2. The van der Waals surface area contributed by atoms with Crippen molar-refractivity contribution in [2.75, 3.05) is 18.4 Å². The Labute approximate surface area is 170 Å². The number of anilines is 1. The van der Waals surface area contributed by atoms with Gasteiger partial charge in [0.25, 0.3) is 0 Å². The number of para-hydroxylation sites is 2. The highest BCUT2D eigenvalue weighted by molar-refractivity contribution is 6.42. The number of carbonyl (C=O) groups is 1. The number of halogens is 2. The van der Waals surface area contributed by atoms with Crippen LogP contribution in [-0.2, 0) is 11.3 Å². The van der Waals surface area contributed by atoms with Gasteiger partial charge >= 0.3 is 6.09 Å². The molecule has 0 spiro atoms. The minimum absolute atomic E-state index is 0.367. The standard InChI is InChI=1S/C20H24Cl2N2O3/c1-20(2,3)27-19(25)24-11-10-23-17-6-4-5-7-18(17)26-13-14-8-9-15(21)16(22)12-14/h4-9,12,23H,10-11,13H2,1-3H3,(H,24,25). The van der Waals surface area contributed by atoms with Crippen molar-refractivity contribution >= 4 is 35.0 Å². The Morgan fingerprint density at radius 1 is 1.04 bits per heavy atom. The third kappa shape index (κ3) is 7.57. The minimum atomic E-state index is -0.511. The van der Waals surface area contributed by atoms with Gasteiger partial charge in [-0.3, -0.25) is 0 Å². The molecule has 27 heavy (non-hydrogen) atoms. The molecule has 5 nitrogen and oxygen atoms in total. The number of carbonyl (C=O) groups excluding carboxylic acids is 1. The largest absolute Gasteiger partial charge is 0.487 e. The Hall–Kier alpha value is -2.11. The van der Waals surface area contributed by atoms with Crippen molar-refractivity contribution in [3.8, 4) is 5.75 Å². The maximum absolute atomic E-state index is 11.6. The van der Waals surface area contributed by atoms with Gasteiger partial charge in [-0.05, 0) is 50.6 Å². The minimum Gasteiger partial charge on any atom is -0.487 e. The fourth-order valence-corrected chi connectivity index (χ4v) is 2.53. The van der Waals surface area contributed by atoms with Crippen LogP contribution in [0.4, 0.5) is 10.5 Å². The number of hydrogen-bond acceptors (Lipinski definition) is 4. The van der Waals surface area contributed by atoms with E-state index in [2.05, 4.69) is 10.6 Å². The molecule has 0 aliphatic heterocycles. The lowest BCUT2D eigenvalue weighted by Crippen LogP contribution is -2.35. The third-order valence-corrected chi connectivity index (χ3v) is 4.11. The summed E-state index contributed by atoms with van der Waals surface area (Å²) in [5.41, 5.74) is 1.25. The summed E-state index contributed by atoms with van der Waals surface area (Å²) < 4.78 is 11.1. The Morgan fingerprint density at radius 3 is 2.48 bits per heavy atom. The van der Waals surface area contributed by atoms with E-state index in [1.807, 2.05) is 51.1 Å². The monoisotopic (exact) mass is 410 g/mol. The summed E-state index contributed by atoms with van der Waals surface area (Å²) in [5, 5.41) is 6.96. The van der Waals surface area contributed by atoms with Crippen LogP contribution in [0.25, 0.3) is 0 Å². The molecular formula is C20H24Cl2N2O3. The van der Waals surface area contributed by atoms with E-state index in [1.165, 1.54) is 0 Å². The van der Waals surface area contributed by atoms with Gasteiger partial charge in [0.2, 0.25) is 0 Å². The summed E-state index contributed by atoms with van der Waals surface area (Å²) in [6, 6.07) is 13.0. The lowest BCUT2D eigenvalue weighted by atomic mass is 10.2. The van der Waals surface area contributed by atoms with E-state index in [4.69, 9.17) is 32.7 Å². The summed E-state index contributed by atoms with van der Waals surface area (Å²) in [4.78, 5) is 11.6. The summed E-state index contributed by atoms with van der Waals surface area (Å²) in [7, 11) is 0. The average molecular weight is 411 g/mol. The SMILES string of the molecule is CC(C)(C)OC(=O)NCCNc1ccccc1OCc1ccc(Cl)c(Cl)c1. The van der Waals surface area contributed by atoms with Gasteiger partial charge in [0, 0.05) is 13.1 Å². The number of rotatable bonds is 7. The first kappa shape index (κ1) is 21.2.